The lowest BCUT2D eigenvalue weighted by molar-refractivity contribution is 0.0944. The largest absolute Gasteiger partial charge is 0.503 e. The molecule has 10 heteroatoms. The second kappa shape index (κ2) is 9.15. The summed E-state index contributed by atoms with van der Waals surface area (Å²) in [4.78, 5) is 39.0. The topological polar surface area (TPSA) is 91.6 Å². The third-order valence-electron chi connectivity index (χ3n) is 5.81. The van der Waals surface area contributed by atoms with E-state index in [1.807, 2.05) is 14.0 Å². The number of hydrogen-bond acceptors (Lipinski definition) is 5. The van der Waals surface area contributed by atoms with Crippen LogP contribution in [-0.2, 0) is 12.1 Å². The number of rotatable bonds is 5. The molecule has 0 radical (unpaired) electrons. The first kappa shape index (κ1) is 23.5. The molecule has 3 rings (SSSR count). The molecule has 2 N–H and O–H groups in total. The van der Waals surface area contributed by atoms with Gasteiger partial charge < -0.3 is 19.9 Å². The van der Waals surface area contributed by atoms with Crippen LogP contribution in [0, 0.1) is 17.5 Å². The van der Waals surface area contributed by atoms with Gasteiger partial charge in [0.15, 0.2) is 12.0 Å². The highest BCUT2D eigenvalue weighted by atomic mass is 19.1. The van der Waals surface area contributed by atoms with Crippen LogP contribution >= 0.6 is 0 Å². The van der Waals surface area contributed by atoms with Crippen LogP contribution < -0.4 is 10.7 Å². The molecule has 2 aromatic rings. The van der Waals surface area contributed by atoms with E-state index in [0.29, 0.717) is 31.4 Å². The van der Waals surface area contributed by atoms with Gasteiger partial charge >= 0.3 is 0 Å². The van der Waals surface area contributed by atoms with Gasteiger partial charge in [0.1, 0.15) is 28.7 Å². The first-order chi connectivity index (χ1) is 15.1. The Hall–Kier alpha value is -3.14. The van der Waals surface area contributed by atoms with Crippen molar-refractivity contribution in [1.29, 1.82) is 0 Å². The van der Waals surface area contributed by atoms with Gasteiger partial charge in [0.05, 0.1) is 5.54 Å². The quantitative estimate of drug-likeness (QED) is 0.682. The number of nitrogens with one attached hydrogen (secondary N) is 1. The smallest absolute Gasteiger partial charge is 0.257 e. The van der Waals surface area contributed by atoms with Gasteiger partial charge in [-0.2, -0.15) is 0 Å². The van der Waals surface area contributed by atoms with Gasteiger partial charge in [-0.3, -0.25) is 14.4 Å². The lowest BCUT2D eigenvalue weighted by atomic mass is 9.94. The number of aldehydes is 1. The second-order valence-electron chi connectivity index (χ2n) is 8.32. The van der Waals surface area contributed by atoms with Gasteiger partial charge in [-0.1, -0.05) is 0 Å². The van der Waals surface area contributed by atoms with E-state index in [1.54, 1.807) is 0 Å². The molecule has 1 aliphatic rings. The lowest BCUT2D eigenvalue weighted by Crippen LogP contribution is -2.43. The van der Waals surface area contributed by atoms with E-state index >= 15 is 0 Å². The predicted octanol–water partition coefficient (Wildman–Crippen LogP) is 2.54. The van der Waals surface area contributed by atoms with Crippen molar-refractivity contribution in [2.24, 2.45) is 0 Å². The molecule has 0 bridgehead atoms. The number of hydrogen-bond donors (Lipinski definition) is 2. The van der Waals surface area contributed by atoms with Crippen molar-refractivity contribution in [1.82, 2.24) is 14.8 Å². The van der Waals surface area contributed by atoms with Gasteiger partial charge in [-0.25, -0.2) is 13.2 Å². The maximum absolute atomic E-state index is 13.9. The molecule has 1 aliphatic heterocycles. The molecule has 0 saturated carbocycles. The number of amides is 1. The molecule has 32 heavy (non-hydrogen) atoms. The zero-order chi connectivity index (χ0) is 23.6. The molecule has 1 amide bonds. The van der Waals surface area contributed by atoms with Crippen LogP contribution in [0.15, 0.2) is 23.1 Å². The summed E-state index contributed by atoms with van der Waals surface area (Å²) < 4.78 is 42.2. The van der Waals surface area contributed by atoms with Crippen molar-refractivity contribution in [3.05, 3.63) is 62.8 Å². The Morgan fingerprint density at radius 1 is 1.25 bits per heavy atom. The molecule has 1 fully saturated rings. The monoisotopic (exact) mass is 451 g/mol. The van der Waals surface area contributed by atoms with E-state index in [9.17, 15) is 32.7 Å². The van der Waals surface area contributed by atoms with Crippen LogP contribution in [0.25, 0.3) is 0 Å². The number of aromatic hydroxyl groups is 1. The number of carbonyl (C=O) groups excluding carboxylic acids is 2. The molecule has 1 atom stereocenters. The molecule has 2 heterocycles. The first-order valence-corrected chi connectivity index (χ1v) is 10.1. The van der Waals surface area contributed by atoms with Crippen molar-refractivity contribution in [2.45, 2.75) is 38.3 Å². The number of benzene rings is 1. The van der Waals surface area contributed by atoms with Crippen LogP contribution in [0.3, 0.4) is 0 Å². The average molecular weight is 451 g/mol. The van der Waals surface area contributed by atoms with Crippen LogP contribution in [0.1, 0.15) is 52.6 Å². The molecule has 1 unspecified atom stereocenters. The highest BCUT2D eigenvalue weighted by Crippen LogP contribution is 2.30. The second-order valence-corrected chi connectivity index (χ2v) is 8.32. The standard InChI is InChI=1S/C22H24F3N3O4/c1-22(5-3-4-6-27(2)12-22)28-10-15(19(30)20(31)18(28)11-29)21(32)26-9-14-16(24)7-13(23)8-17(14)25/h7-8,10-11,31H,3-6,9,12H2,1-2H3,(H,26,32). The third-order valence-corrected chi connectivity index (χ3v) is 5.81. The van der Waals surface area contributed by atoms with E-state index in [4.69, 9.17) is 0 Å². The van der Waals surface area contributed by atoms with Crippen LogP contribution in [0.4, 0.5) is 13.2 Å². The number of carbonyl (C=O) groups is 2. The van der Waals surface area contributed by atoms with Crippen molar-refractivity contribution >= 4 is 12.2 Å². The average Bonchev–Trinajstić information content (AvgIpc) is 2.89. The molecule has 7 nitrogen and oxygen atoms in total. The molecule has 1 aromatic heterocycles. The van der Waals surface area contributed by atoms with Crippen LogP contribution in [0.5, 0.6) is 5.75 Å². The summed E-state index contributed by atoms with van der Waals surface area (Å²) in [5.74, 6) is -5.35. The summed E-state index contributed by atoms with van der Waals surface area (Å²) in [6.45, 7) is 2.55. The molecule has 0 spiro atoms. The Kier molecular flexibility index (Phi) is 6.73. The zero-order valence-electron chi connectivity index (χ0n) is 17.8. The molecular formula is C22H24F3N3O4. The maximum Gasteiger partial charge on any atom is 0.257 e. The normalized spacial score (nSPS) is 19.4. The van der Waals surface area contributed by atoms with Crippen molar-refractivity contribution < 1.29 is 27.9 Å². The van der Waals surface area contributed by atoms with Crippen LogP contribution in [-0.4, -0.2) is 46.9 Å². The summed E-state index contributed by atoms with van der Waals surface area (Å²) in [6.07, 6.45) is 3.94. The number of pyridine rings is 1. The van der Waals surface area contributed by atoms with Crippen molar-refractivity contribution in [2.75, 3.05) is 20.1 Å². The maximum atomic E-state index is 13.9. The minimum Gasteiger partial charge on any atom is -0.503 e. The van der Waals surface area contributed by atoms with Crippen molar-refractivity contribution in [3.63, 3.8) is 0 Å². The molecular weight excluding hydrogens is 427 g/mol. The number of halogens is 3. The summed E-state index contributed by atoms with van der Waals surface area (Å²) in [5, 5.41) is 12.6. The van der Waals surface area contributed by atoms with Gasteiger partial charge in [-0.05, 0) is 39.8 Å². The van der Waals surface area contributed by atoms with Gasteiger partial charge in [0.2, 0.25) is 5.43 Å². The number of likely N-dealkylation sites (N-methyl/N-ethyl adjacent to an activating group) is 1. The van der Waals surface area contributed by atoms with E-state index < -0.39 is 57.7 Å². The fraction of sp³-hybridized carbons (Fsp3) is 0.409. The van der Waals surface area contributed by atoms with Gasteiger partial charge in [0, 0.05) is 37.0 Å². The Labute approximate surface area is 182 Å². The third kappa shape index (κ3) is 4.55. The summed E-state index contributed by atoms with van der Waals surface area (Å²) in [5.41, 5.74) is -3.08. The Bertz CT molecular complexity index is 1100. The van der Waals surface area contributed by atoms with Gasteiger partial charge in [0.25, 0.3) is 5.91 Å². The molecule has 0 aliphatic carbocycles. The predicted molar refractivity (Wildman–Crippen MR) is 110 cm³/mol. The van der Waals surface area contributed by atoms with E-state index in [2.05, 4.69) is 10.2 Å². The summed E-state index contributed by atoms with van der Waals surface area (Å²) >= 11 is 0. The first-order valence-electron chi connectivity index (χ1n) is 10.1. The fourth-order valence-corrected chi connectivity index (χ4v) is 4.16. The molecule has 172 valence electrons. The van der Waals surface area contributed by atoms with E-state index in [1.165, 1.54) is 10.8 Å². The molecule has 1 aromatic carbocycles. The number of aromatic nitrogens is 1. The fourth-order valence-electron chi connectivity index (χ4n) is 4.16. The highest BCUT2D eigenvalue weighted by molar-refractivity contribution is 5.95. The number of nitrogens with zero attached hydrogens (tertiary/aromatic N) is 2. The molecule has 1 saturated heterocycles. The lowest BCUT2D eigenvalue weighted by Gasteiger charge is -2.35. The highest BCUT2D eigenvalue weighted by Gasteiger charge is 2.33. The Morgan fingerprint density at radius 2 is 1.91 bits per heavy atom. The van der Waals surface area contributed by atoms with Crippen molar-refractivity contribution in [3.8, 4) is 5.75 Å². The van der Waals surface area contributed by atoms with E-state index in [0.717, 1.165) is 19.4 Å². The van der Waals surface area contributed by atoms with Gasteiger partial charge in [-0.15, -0.1) is 0 Å². The Balaban J connectivity index is 1.99. The summed E-state index contributed by atoms with van der Waals surface area (Å²) in [6, 6.07) is 0.956. The van der Waals surface area contributed by atoms with E-state index in [-0.39, 0.29) is 5.69 Å². The summed E-state index contributed by atoms with van der Waals surface area (Å²) in [7, 11) is 1.91. The van der Waals surface area contributed by atoms with Crippen LogP contribution in [0.2, 0.25) is 0 Å². The minimum absolute atomic E-state index is 0.250. The number of likely N-dealkylation sites (tertiary alicyclic amines) is 1. The SMILES string of the molecule is CN1CCCCC(C)(n2cc(C(=O)NCc3c(F)cc(F)cc3F)c(=O)c(O)c2C=O)C1. The Morgan fingerprint density at radius 3 is 2.53 bits per heavy atom. The minimum atomic E-state index is -1.19. The zero-order valence-corrected chi connectivity index (χ0v) is 17.8.